The molecule has 8 heteroatoms. The number of benzene rings is 2. The highest BCUT2D eigenvalue weighted by Crippen LogP contribution is 2.21. The number of para-hydroxylation sites is 1. The minimum Gasteiger partial charge on any atom is -0.488 e. The van der Waals surface area contributed by atoms with Gasteiger partial charge in [0.2, 0.25) is 0 Å². The molecule has 0 saturated heterocycles. The lowest BCUT2D eigenvalue weighted by Crippen LogP contribution is -2.39. The molecule has 0 aliphatic carbocycles. The van der Waals surface area contributed by atoms with Gasteiger partial charge >= 0.3 is 12.0 Å². The molecule has 0 unspecified atom stereocenters. The van der Waals surface area contributed by atoms with Gasteiger partial charge in [-0.25, -0.2) is 9.59 Å². The summed E-state index contributed by atoms with van der Waals surface area (Å²) in [5.74, 6) is -1.15. The van der Waals surface area contributed by atoms with Crippen molar-refractivity contribution in [3.63, 3.8) is 0 Å². The lowest BCUT2D eigenvalue weighted by atomic mass is 10.2. The van der Waals surface area contributed by atoms with Crippen molar-refractivity contribution >= 4 is 29.5 Å². The highest BCUT2D eigenvalue weighted by Gasteiger charge is 2.16. The third-order valence-electron chi connectivity index (χ3n) is 3.23. The number of esters is 1. The van der Waals surface area contributed by atoms with Crippen LogP contribution in [-0.2, 0) is 16.1 Å². The second-order valence-corrected chi connectivity index (χ2v) is 5.55. The third-order valence-corrected chi connectivity index (χ3v) is 3.48. The van der Waals surface area contributed by atoms with Crippen molar-refractivity contribution in [1.29, 1.82) is 0 Å². The van der Waals surface area contributed by atoms with E-state index in [1.54, 1.807) is 30.3 Å². The summed E-state index contributed by atoms with van der Waals surface area (Å²) in [4.78, 5) is 34.7. The molecule has 0 heterocycles. The average Bonchev–Trinajstić information content (AvgIpc) is 2.65. The monoisotopic (exact) mass is 376 g/mol. The molecule has 2 rings (SSSR count). The molecule has 0 aliphatic heterocycles. The lowest BCUT2D eigenvalue weighted by molar-refractivity contribution is -0.123. The number of rotatable bonds is 6. The number of hydrogen-bond donors (Lipinski definition) is 2. The molecule has 2 aromatic rings. The summed E-state index contributed by atoms with van der Waals surface area (Å²) in [6.07, 6.45) is 0. The Bertz CT molecular complexity index is 792. The standard InChI is InChI=1S/C18H17ClN2O5/c1-20-18(24)21-16(22)11-26-17(23)14-4-2-3-5-15(14)25-10-12-6-8-13(19)9-7-12/h2-9H,10-11H2,1H3,(H2,20,21,22,24). The number of halogens is 1. The van der Waals surface area contributed by atoms with Crippen molar-refractivity contribution in [2.24, 2.45) is 0 Å². The molecule has 136 valence electrons. The van der Waals surface area contributed by atoms with E-state index in [2.05, 4.69) is 5.32 Å². The molecule has 0 aromatic heterocycles. The van der Waals surface area contributed by atoms with Gasteiger partial charge in [-0.1, -0.05) is 35.9 Å². The number of carbonyl (C=O) groups excluding carboxylic acids is 3. The fourth-order valence-electron chi connectivity index (χ4n) is 1.94. The highest BCUT2D eigenvalue weighted by molar-refractivity contribution is 6.30. The highest BCUT2D eigenvalue weighted by atomic mass is 35.5. The largest absolute Gasteiger partial charge is 0.488 e. The van der Waals surface area contributed by atoms with E-state index >= 15 is 0 Å². The minimum atomic E-state index is -0.739. The quantitative estimate of drug-likeness (QED) is 0.755. The van der Waals surface area contributed by atoms with Crippen LogP contribution in [0.25, 0.3) is 0 Å². The van der Waals surface area contributed by atoms with Crippen LogP contribution in [-0.4, -0.2) is 31.6 Å². The van der Waals surface area contributed by atoms with E-state index in [0.717, 1.165) is 5.56 Å². The van der Waals surface area contributed by atoms with Crippen molar-refractivity contribution < 1.29 is 23.9 Å². The van der Waals surface area contributed by atoms with Crippen LogP contribution in [0.1, 0.15) is 15.9 Å². The van der Waals surface area contributed by atoms with Crippen molar-refractivity contribution in [3.05, 3.63) is 64.7 Å². The van der Waals surface area contributed by atoms with Gasteiger partial charge in [0, 0.05) is 12.1 Å². The first kappa shape index (κ1) is 19.3. The number of ether oxygens (including phenoxy) is 2. The molecule has 0 atom stereocenters. The zero-order chi connectivity index (χ0) is 18.9. The topological polar surface area (TPSA) is 93.7 Å². The van der Waals surface area contributed by atoms with Crippen LogP contribution in [0, 0.1) is 0 Å². The van der Waals surface area contributed by atoms with Crippen LogP contribution in [0.15, 0.2) is 48.5 Å². The van der Waals surface area contributed by atoms with Gasteiger partial charge in [0.1, 0.15) is 17.9 Å². The first-order valence-corrected chi connectivity index (χ1v) is 8.02. The molecule has 0 aliphatic rings. The summed E-state index contributed by atoms with van der Waals surface area (Å²) in [5.41, 5.74) is 1.05. The predicted octanol–water partition coefficient (Wildman–Crippen LogP) is 2.53. The van der Waals surface area contributed by atoms with Gasteiger partial charge < -0.3 is 14.8 Å². The number of nitrogens with one attached hydrogen (secondary N) is 2. The van der Waals surface area contributed by atoms with E-state index in [9.17, 15) is 14.4 Å². The fraction of sp³-hybridized carbons (Fsp3) is 0.167. The average molecular weight is 377 g/mol. The van der Waals surface area contributed by atoms with Crippen LogP contribution in [0.4, 0.5) is 4.79 Å². The van der Waals surface area contributed by atoms with Crippen molar-refractivity contribution in [2.75, 3.05) is 13.7 Å². The van der Waals surface area contributed by atoms with Gasteiger partial charge in [-0.2, -0.15) is 0 Å². The Morgan fingerprint density at radius 2 is 1.73 bits per heavy atom. The van der Waals surface area contributed by atoms with Gasteiger partial charge in [0.25, 0.3) is 5.91 Å². The number of imide groups is 1. The van der Waals surface area contributed by atoms with Crippen molar-refractivity contribution in [2.45, 2.75) is 6.61 Å². The predicted molar refractivity (Wildman–Crippen MR) is 95.1 cm³/mol. The minimum absolute atomic E-state index is 0.175. The summed E-state index contributed by atoms with van der Waals surface area (Å²) in [7, 11) is 1.36. The molecular formula is C18H17ClN2O5. The normalized spacial score (nSPS) is 9.92. The van der Waals surface area contributed by atoms with Crippen molar-refractivity contribution in [1.82, 2.24) is 10.6 Å². The van der Waals surface area contributed by atoms with Gasteiger partial charge in [-0.15, -0.1) is 0 Å². The van der Waals surface area contributed by atoms with E-state index in [4.69, 9.17) is 21.1 Å². The zero-order valence-corrected chi connectivity index (χ0v) is 14.7. The van der Waals surface area contributed by atoms with E-state index < -0.39 is 24.5 Å². The van der Waals surface area contributed by atoms with Crippen LogP contribution in [0.5, 0.6) is 5.75 Å². The summed E-state index contributed by atoms with van der Waals surface area (Å²) >= 11 is 5.84. The Morgan fingerprint density at radius 3 is 2.42 bits per heavy atom. The number of hydrogen-bond acceptors (Lipinski definition) is 5. The maximum Gasteiger partial charge on any atom is 0.342 e. The molecule has 0 radical (unpaired) electrons. The van der Waals surface area contributed by atoms with Gasteiger partial charge in [-0.3, -0.25) is 10.1 Å². The first-order chi connectivity index (χ1) is 12.5. The molecule has 7 nitrogen and oxygen atoms in total. The molecule has 0 fully saturated rings. The fourth-order valence-corrected chi connectivity index (χ4v) is 2.06. The third kappa shape index (κ3) is 5.78. The molecule has 2 aromatic carbocycles. The molecule has 3 amide bonds. The van der Waals surface area contributed by atoms with Crippen LogP contribution >= 0.6 is 11.6 Å². The van der Waals surface area contributed by atoms with Gasteiger partial charge in [-0.05, 0) is 29.8 Å². The first-order valence-electron chi connectivity index (χ1n) is 7.64. The summed E-state index contributed by atoms with van der Waals surface area (Å²) in [5, 5.41) is 4.83. The number of urea groups is 1. The molecule has 0 saturated carbocycles. The molecule has 0 bridgehead atoms. The van der Waals surface area contributed by atoms with E-state index in [1.807, 2.05) is 17.4 Å². The van der Waals surface area contributed by atoms with Crippen LogP contribution in [0.2, 0.25) is 5.02 Å². The maximum absolute atomic E-state index is 12.2. The van der Waals surface area contributed by atoms with Gasteiger partial charge in [0.05, 0.1) is 0 Å². The van der Waals surface area contributed by atoms with E-state index in [1.165, 1.54) is 13.1 Å². The molecular weight excluding hydrogens is 360 g/mol. The zero-order valence-electron chi connectivity index (χ0n) is 14.0. The van der Waals surface area contributed by atoms with Crippen LogP contribution in [0.3, 0.4) is 0 Å². The van der Waals surface area contributed by atoms with Crippen molar-refractivity contribution in [3.8, 4) is 5.75 Å². The summed E-state index contributed by atoms with van der Waals surface area (Å²) in [6.45, 7) is -0.351. The summed E-state index contributed by atoms with van der Waals surface area (Å²) in [6, 6.07) is 12.9. The van der Waals surface area contributed by atoms with E-state index in [-0.39, 0.29) is 12.2 Å². The Labute approximate surface area is 155 Å². The Hall–Kier alpha value is -3.06. The number of carbonyl (C=O) groups is 3. The Morgan fingerprint density at radius 1 is 1.04 bits per heavy atom. The SMILES string of the molecule is CNC(=O)NC(=O)COC(=O)c1ccccc1OCc1ccc(Cl)cc1. The second kappa shape index (κ2) is 9.43. The molecule has 0 spiro atoms. The summed E-state index contributed by atoms with van der Waals surface area (Å²) < 4.78 is 10.6. The number of amides is 3. The Balaban J connectivity index is 1.96. The Kier molecular flexibility index (Phi) is 6.99. The smallest absolute Gasteiger partial charge is 0.342 e. The molecule has 2 N–H and O–H groups in total. The van der Waals surface area contributed by atoms with Crippen LogP contribution < -0.4 is 15.4 Å². The second-order valence-electron chi connectivity index (χ2n) is 5.11. The van der Waals surface area contributed by atoms with E-state index in [0.29, 0.717) is 10.8 Å². The lowest BCUT2D eigenvalue weighted by Gasteiger charge is -2.11. The molecule has 26 heavy (non-hydrogen) atoms. The maximum atomic E-state index is 12.2. The van der Waals surface area contributed by atoms with Gasteiger partial charge in [0.15, 0.2) is 6.61 Å².